The third kappa shape index (κ3) is 13.8. The van der Waals surface area contributed by atoms with Crippen molar-refractivity contribution in [2.75, 3.05) is 52.3 Å². The van der Waals surface area contributed by atoms with Crippen LogP contribution in [0.1, 0.15) is 68.7 Å². The van der Waals surface area contributed by atoms with Crippen molar-refractivity contribution in [3.63, 3.8) is 0 Å². The van der Waals surface area contributed by atoms with E-state index in [-0.39, 0.29) is 58.0 Å². The van der Waals surface area contributed by atoms with Crippen molar-refractivity contribution in [3.8, 4) is 33.6 Å². The molecule has 3 aromatic carbocycles. The van der Waals surface area contributed by atoms with Gasteiger partial charge in [0, 0.05) is 24.3 Å². The fourth-order valence-electron chi connectivity index (χ4n) is 7.27. The second kappa shape index (κ2) is 24.2. The van der Waals surface area contributed by atoms with E-state index in [1.807, 2.05) is 91.9 Å². The summed E-state index contributed by atoms with van der Waals surface area (Å²) in [6, 6.07) is 33.2. The third-order valence-corrected chi connectivity index (χ3v) is 10.4. The Morgan fingerprint density at radius 1 is 0.615 bits per heavy atom. The monoisotopic (exact) mass is 886 g/mol. The van der Waals surface area contributed by atoms with E-state index in [4.69, 9.17) is 34.6 Å². The molecular weight excluding hydrogens is 829 g/mol. The minimum Gasteiger partial charge on any atom is -0.468 e. The number of anilines is 1. The molecule has 0 aliphatic carbocycles. The van der Waals surface area contributed by atoms with E-state index in [0.717, 1.165) is 22.3 Å². The number of carbonyl (C=O) groups excluding carboxylic acids is 5. The molecule has 0 bridgehead atoms. The predicted octanol–water partition coefficient (Wildman–Crippen LogP) is 6.84. The molecule has 5 aromatic rings. The minimum atomic E-state index is -1.86. The summed E-state index contributed by atoms with van der Waals surface area (Å²) < 4.78 is 21.3. The topological polar surface area (TPSA) is 193 Å². The smallest absolute Gasteiger partial charge is 0.347 e. The lowest BCUT2D eigenvalue weighted by Crippen LogP contribution is -2.66. The van der Waals surface area contributed by atoms with E-state index < -0.39 is 42.0 Å². The van der Waals surface area contributed by atoms with E-state index in [2.05, 4.69) is 5.32 Å². The molecule has 15 heteroatoms. The Bertz CT molecular complexity index is 2360. The van der Waals surface area contributed by atoms with Crippen LogP contribution in [0.2, 0.25) is 0 Å². The number of rotatable bonds is 23. The van der Waals surface area contributed by atoms with Crippen LogP contribution in [-0.4, -0.2) is 102 Å². The quantitative estimate of drug-likeness (QED) is 0.0300. The number of esters is 4. The Balaban J connectivity index is 1.71. The molecule has 1 unspecified atom stereocenters. The van der Waals surface area contributed by atoms with Crippen LogP contribution < -0.4 is 11.1 Å². The molecule has 2 heterocycles. The molecule has 0 saturated heterocycles. The molecule has 0 saturated carbocycles. The van der Waals surface area contributed by atoms with Crippen LogP contribution in [0.5, 0.6) is 0 Å². The summed E-state index contributed by atoms with van der Waals surface area (Å²) in [6.07, 6.45) is 1.21. The lowest BCUT2D eigenvalue weighted by Gasteiger charge is -2.41. The molecule has 65 heavy (non-hydrogen) atoms. The van der Waals surface area contributed by atoms with Gasteiger partial charge in [-0.05, 0) is 104 Å². The average molecular weight is 887 g/mol. The zero-order valence-electron chi connectivity index (χ0n) is 37.7. The molecule has 15 nitrogen and oxygen atoms in total. The van der Waals surface area contributed by atoms with E-state index in [0.29, 0.717) is 41.3 Å². The fraction of sp³-hybridized carbons (Fsp3) is 0.340. The van der Waals surface area contributed by atoms with Gasteiger partial charge in [-0.1, -0.05) is 74.0 Å². The second-order valence-corrected chi connectivity index (χ2v) is 15.1. The van der Waals surface area contributed by atoms with E-state index in [1.54, 1.807) is 54.8 Å². The Hall–Kier alpha value is -6.97. The van der Waals surface area contributed by atoms with Gasteiger partial charge >= 0.3 is 23.9 Å². The normalized spacial score (nSPS) is 12.0. The molecule has 2 aromatic heterocycles. The van der Waals surface area contributed by atoms with Crippen LogP contribution in [0, 0.1) is 0 Å². The maximum absolute atomic E-state index is 14.4. The number of amides is 1. The van der Waals surface area contributed by atoms with Crippen LogP contribution in [0.3, 0.4) is 0 Å². The number of hydrogen-bond donors (Lipinski definition) is 2. The largest absolute Gasteiger partial charge is 0.468 e. The molecule has 0 radical (unpaired) electrons. The number of ether oxygens (including phenoxy) is 4. The summed E-state index contributed by atoms with van der Waals surface area (Å²) in [5.74, 6) is -3.00. The van der Waals surface area contributed by atoms with Crippen molar-refractivity contribution >= 4 is 35.5 Å². The summed E-state index contributed by atoms with van der Waals surface area (Å²) in [6.45, 7) is 6.56. The van der Waals surface area contributed by atoms with Crippen molar-refractivity contribution < 1.29 is 42.9 Å². The van der Waals surface area contributed by atoms with Crippen LogP contribution in [-0.2, 0) is 51.2 Å². The van der Waals surface area contributed by atoms with Gasteiger partial charge in [-0.15, -0.1) is 0 Å². The highest BCUT2D eigenvalue weighted by atomic mass is 16.5. The molecule has 0 fully saturated rings. The second-order valence-electron chi connectivity index (χ2n) is 15.1. The van der Waals surface area contributed by atoms with Crippen LogP contribution in [0.25, 0.3) is 33.6 Å². The zero-order chi connectivity index (χ0) is 46.8. The average Bonchev–Trinajstić information content (AvgIpc) is 3.30. The first-order chi connectivity index (χ1) is 31.4. The lowest BCUT2D eigenvalue weighted by atomic mass is 9.97. The van der Waals surface area contributed by atoms with E-state index in [9.17, 15) is 24.0 Å². The molecule has 1 amide bonds. The van der Waals surface area contributed by atoms with Gasteiger partial charge in [-0.2, -0.15) is 0 Å². The Labute approximate surface area is 380 Å². The van der Waals surface area contributed by atoms with Crippen LogP contribution in [0.4, 0.5) is 5.69 Å². The number of aromatic nitrogens is 2. The van der Waals surface area contributed by atoms with Gasteiger partial charge in [0.25, 0.3) is 5.91 Å². The number of nitrogens with two attached hydrogens (primary N) is 1. The maximum Gasteiger partial charge on any atom is 0.347 e. The zero-order valence-corrected chi connectivity index (χ0v) is 37.7. The summed E-state index contributed by atoms with van der Waals surface area (Å²) >= 11 is 0. The van der Waals surface area contributed by atoms with Gasteiger partial charge in [0.1, 0.15) is 0 Å². The van der Waals surface area contributed by atoms with Gasteiger partial charge < -0.3 is 30.0 Å². The van der Waals surface area contributed by atoms with Gasteiger partial charge in [-0.25, -0.2) is 14.8 Å². The number of nitrogens with one attached hydrogen (secondary N) is 1. The number of nitrogens with zero attached hydrogens (tertiary/aromatic N) is 4. The van der Waals surface area contributed by atoms with Crippen molar-refractivity contribution in [1.82, 2.24) is 25.1 Å². The van der Waals surface area contributed by atoms with Crippen molar-refractivity contribution in [2.45, 2.75) is 65.7 Å². The molecule has 1 atom stereocenters. The number of pyridine rings is 2. The molecule has 3 N–H and O–H groups in total. The predicted molar refractivity (Wildman–Crippen MR) is 247 cm³/mol. The molecule has 0 aliphatic heterocycles. The van der Waals surface area contributed by atoms with E-state index >= 15 is 0 Å². The standard InChI is InChI=1S/C50H58N6O9/c1-6-10-25-50(49(61)65-9-4,54-48(60)37-21-23-40(51)24-22-37)56(34-45(57)62-5)31-42-27-39(36-19-15-12-16-20-36)29-44(53-42)43-28-38(35-17-13-11-14-18-35)26-41(52-43)30-55(32-46(58)63-7-2)33-47(59)64-8-3/h11-24,26-29H,6-10,25,30-34,51H2,1-5H3,(H,54,60). The molecule has 342 valence electrons. The Morgan fingerprint density at radius 3 is 1.60 bits per heavy atom. The van der Waals surface area contributed by atoms with Crippen molar-refractivity contribution in [1.29, 1.82) is 0 Å². The minimum absolute atomic E-state index is 0.00513. The Kier molecular flexibility index (Phi) is 18.3. The van der Waals surface area contributed by atoms with Gasteiger partial charge in [0.05, 0.1) is 69.3 Å². The summed E-state index contributed by atoms with van der Waals surface area (Å²) in [4.78, 5) is 80.8. The Morgan fingerprint density at radius 2 is 1.12 bits per heavy atom. The lowest BCUT2D eigenvalue weighted by molar-refractivity contribution is -0.164. The summed E-state index contributed by atoms with van der Waals surface area (Å²) in [5.41, 5.74) is 9.93. The van der Waals surface area contributed by atoms with Gasteiger partial charge in [-0.3, -0.25) is 29.0 Å². The summed E-state index contributed by atoms with van der Waals surface area (Å²) in [5, 5.41) is 2.98. The highest BCUT2D eigenvalue weighted by molar-refractivity contribution is 5.98. The number of benzene rings is 3. The number of unbranched alkanes of at least 4 members (excludes halogenated alkanes) is 1. The molecular formula is C50H58N6O9. The van der Waals surface area contributed by atoms with Crippen LogP contribution in [0.15, 0.2) is 109 Å². The van der Waals surface area contributed by atoms with Crippen molar-refractivity contribution in [3.05, 3.63) is 126 Å². The number of carbonyl (C=O) groups is 5. The molecule has 0 aliphatic rings. The molecule has 0 spiro atoms. The van der Waals surface area contributed by atoms with E-state index in [1.165, 1.54) is 7.11 Å². The summed E-state index contributed by atoms with van der Waals surface area (Å²) in [7, 11) is 1.25. The number of nitrogen functional groups attached to an aromatic ring is 1. The number of methoxy groups -OCH3 is 1. The first-order valence-electron chi connectivity index (χ1n) is 21.8. The van der Waals surface area contributed by atoms with Crippen LogP contribution >= 0.6 is 0 Å². The molecule has 5 rings (SSSR count). The SMILES string of the molecule is CCCCC(NC(=O)c1ccc(N)cc1)(C(=O)OCC)N(CC(=O)OC)Cc1cc(-c2ccccc2)cc(-c2cc(-c3ccccc3)cc(CN(CC(=O)OCC)CC(=O)OCC)n2)n1. The maximum atomic E-state index is 14.4. The van der Waals surface area contributed by atoms with Gasteiger partial charge in [0.2, 0.25) is 0 Å². The number of hydrogen-bond acceptors (Lipinski definition) is 14. The first-order valence-corrected chi connectivity index (χ1v) is 21.8. The highest BCUT2D eigenvalue weighted by Crippen LogP contribution is 2.32. The highest BCUT2D eigenvalue weighted by Gasteiger charge is 2.48. The third-order valence-electron chi connectivity index (χ3n) is 10.4. The first kappa shape index (κ1) is 49.1. The fourth-order valence-corrected chi connectivity index (χ4v) is 7.27. The van der Waals surface area contributed by atoms with Crippen molar-refractivity contribution in [2.24, 2.45) is 0 Å². The van der Waals surface area contributed by atoms with Gasteiger partial charge in [0.15, 0.2) is 5.66 Å².